The van der Waals surface area contributed by atoms with E-state index in [1.807, 2.05) is 0 Å². The van der Waals surface area contributed by atoms with Crippen LogP contribution in [0.25, 0.3) is 0 Å². The Morgan fingerprint density at radius 3 is 2.35 bits per heavy atom. The average molecular weight is 293 g/mol. The van der Waals surface area contributed by atoms with Crippen LogP contribution in [0.3, 0.4) is 0 Å². The van der Waals surface area contributed by atoms with Gasteiger partial charge in [0.2, 0.25) is 0 Å². The van der Waals surface area contributed by atoms with E-state index < -0.39 is 9.84 Å². The number of rotatable bonds is 2. The van der Waals surface area contributed by atoms with Gasteiger partial charge in [-0.1, -0.05) is 31.2 Å². The first-order valence-corrected chi connectivity index (χ1v) is 9.42. The van der Waals surface area contributed by atoms with E-state index in [0.717, 1.165) is 19.3 Å². The molecule has 1 aliphatic heterocycles. The van der Waals surface area contributed by atoms with Crippen LogP contribution >= 0.6 is 0 Å². The number of benzene rings is 1. The molecule has 0 spiro atoms. The Morgan fingerprint density at radius 1 is 1.00 bits per heavy atom. The number of nitrogens with one attached hydrogen (secondary N) is 1. The molecule has 1 heterocycles. The molecule has 110 valence electrons. The van der Waals surface area contributed by atoms with Crippen molar-refractivity contribution in [3.8, 4) is 0 Å². The highest BCUT2D eigenvalue weighted by atomic mass is 32.2. The molecular weight excluding hydrogens is 270 g/mol. The van der Waals surface area contributed by atoms with Gasteiger partial charge in [-0.2, -0.15) is 0 Å². The number of sulfone groups is 1. The maximum Gasteiger partial charge on any atom is 0.150 e. The molecule has 2 atom stereocenters. The summed E-state index contributed by atoms with van der Waals surface area (Å²) in [5.74, 6) is 1.32. The third kappa shape index (κ3) is 2.91. The topological polar surface area (TPSA) is 46.2 Å². The van der Waals surface area contributed by atoms with E-state index in [1.54, 1.807) is 0 Å². The van der Waals surface area contributed by atoms with Gasteiger partial charge in [-0.25, -0.2) is 8.42 Å². The van der Waals surface area contributed by atoms with Crippen molar-refractivity contribution in [2.24, 2.45) is 0 Å². The van der Waals surface area contributed by atoms with Crippen LogP contribution in [-0.2, 0) is 9.84 Å². The van der Waals surface area contributed by atoms with E-state index in [9.17, 15) is 8.42 Å². The summed E-state index contributed by atoms with van der Waals surface area (Å²) in [4.78, 5) is 0. The summed E-state index contributed by atoms with van der Waals surface area (Å²) in [6.45, 7) is 2.29. The van der Waals surface area contributed by atoms with E-state index in [-0.39, 0.29) is 0 Å². The molecule has 0 bridgehead atoms. The molecule has 2 aliphatic rings. The molecule has 4 heteroatoms. The molecule has 0 saturated carbocycles. The van der Waals surface area contributed by atoms with Crippen molar-refractivity contribution in [3.63, 3.8) is 0 Å². The van der Waals surface area contributed by atoms with Crippen molar-refractivity contribution < 1.29 is 8.42 Å². The quantitative estimate of drug-likeness (QED) is 0.912. The molecule has 20 heavy (non-hydrogen) atoms. The zero-order valence-electron chi connectivity index (χ0n) is 12.0. The predicted molar refractivity (Wildman–Crippen MR) is 81.6 cm³/mol. The van der Waals surface area contributed by atoms with Gasteiger partial charge in [-0.15, -0.1) is 0 Å². The zero-order valence-corrected chi connectivity index (χ0v) is 12.8. The summed E-state index contributed by atoms with van der Waals surface area (Å²) in [6, 6.07) is 9.43. The zero-order chi connectivity index (χ0) is 14.2. The molecule has 1 N–H and O–H groups in total. The van der Waals surface area contributed by atoms with Crippen LogP contribution in [0.2, 0.25) is 0 Å². The number of fused-ring (bicyclic) bond motifs is 1. The van der Waals surface area contributed by atoms with Crippen molar-refractivity contribution in [2.75, 3.05) is 11.5 Å². The molecule has 3 nitrogen and oxygen atoms in total. The molecule has 1 saturated heterocycles. The molecule has 0 radical (unpaired) electrons. The number of hydrogen-bond acceptors (Lipinski definition) is 3. The first-order valence-electron chi connectivity index (χ1n) is 7.60. The molecule has 1 aromatic carbocycles. The minimum Gasteiger partial charge on any atom is -0.307 e. The third-order valence-electron chi connectivity index (χ3n) is 4.78. The van der Waals surface area contributed by atoms with Crippen LogP contribution in [0.1, 0.15) is 55.7 Å². The van der Waals surface area contributed by atoms with Crippen LogP contribution in [-0.4, -0.2) is 26.0 Å². The Morgan fingerprint density at radius 2 is 1.65 bits per heavy atom. The van der Waals surface area contributed by atoms with Gasteiger partial charge in [0.15, 0.2) is 0 Å². The Labute approximate surface area is 121 Å². The Bertz CT molecular complexity index is 568. The van der Waals surface area contributed by atoms with Gasteiger partial charge in [0.25, 0.3) is 0 Å². The van der Waals surface area contributed by atoms with E-state index in [4.69, 9.17) is 0 Å². The molecular formula is C16H23NO2S. The summed E-state index contributed by atoms with van der Waals surface area (Å²) in [7, 11) is -2.77. The fourth-order valence-electron chi connectivity index (χ4n) is 3.52. The number of hydrogen-bond donors (Lipinski definition) is 1. The Kier molecular flexibility index (Phi) is 3.87. The van der Waals surface area contributed by atoms with Crippen molar-refractivity contribution in [1.29, 1.82) is 0 Å². The average Bonchev–Trinajstić information content (AvgIpc) is 2.44. The van der Waals surface area contributed by atoms with Gasteiger partial charge >= 0.3 is 0 Å². The lowest BCUT2D eigenvalue weighted by Crippen LogP contribution is -2.40. The SMILES string of the molecule is CC1CCC(NC2CCS(=O)(=O)CC2)c2ccccc21. The van der Waals surface area contributed by atoms with Gasteiger partial charge in [-0.05, 0) is 42.7 Å². The summed E-state index contributed by atoms with van der Waals surface area (Å²) in [5, 5.41) is 3.71. The monoisotopic (exact) mass is 293 g/mol. The van der Waals surface area contributed by atoms with Gasteiger partial charge in [0.05, 0.1) is 11.5 Å². The maximum absolute atomic E-state index is 11.5. The molecule has 3 rings (SSSR count). The summed E-state index contributed by atoms with van der Waals surface area (Å²) in [6.07, 6.45) is 3.88. The minimum atomic E-state index is -2.77. The second-order valence-corrected chi connectivity index (χ2v) is 8.56. The molecule has 0 amide bonds. The van der Waals surface area contributed by atoms with E-state index >= 15 is 0 Å². The van der Waals surface area contributed by atoms with Crippen LogP contribution in [0.5, 0.6) is 0 Å². The molecule has 0 aromatic heterocycles. The lowest BCUT2D eigenvalue weighted by Gasteiger charge is -2.34. The van der Waals surface area contributed by atoms with E-state index in [2.05, 4.69) is 36.5 Å². The third-order valence-corrected chi connectivity index (χ3v) is 6.50. The normalized spacial score (nSPS) is 29.9. The summed E-state index contributed by atoms with van der Waals surface area (Å²) in [5.41, 5.74) is 2.87. The van der Waals surface area contributed by atoms with E-state index in [0.29, 0.717) is 29.5 Å². The van der Waals surface area contributed by atoms with Crippen molar-refractivity contribution >= 4 is 9.84 Å². The van der Waals surface area contributed by atoms with Gasteiger partial charge in [0.1, 0.15) is 9.84 Å². The lowest BCUT2D eigenvalue weighted by atomic mass is 9.80. The Hall–Kier alpha value is -0.870. The lowest BCUT2D eigenvalue weighted by molar-refractivity contribution is 0.361. The Balaban J connectivity index is 1.72. The van der Waals surface area contributed by atoms with Crippen LogP contribution in [0.15, 0.2) is 24.3 Å². The standard InChI is InChI=1S/C16H23NO2S/c1-12-6-7-16(15-5-3-2-4-14(12)15)17-13-8-10-20(18,19)11-9-13/h2-5,12-13,16-17H,6-11H2,1H3. The smallest absolute Gasteiger partial charge is 0.150 e. The molecule has 2 unspecified atom stereocenters. The minimum absolute atomic E-state index is 0.343. The predicted octanol–water partition coefficient (Wildman–Crippen LogP) is 2.79. The van der Waals surface area contributed by atoms with Crippen LogP contribution in [0, 0.1) is 0 Å². The van der Waals surface area contributed by atoms with Crippen molar-refractivity contribution in [1.82, 2.24) is 5.32 Å². The fraction of sp³-hybridized carbons (Fsp3) is 0.625. The molecule has 1 aliphatic carbocycles. The van der Waals surface area contributed by atoms with Crippen molar-refractivity contribution in [3.05, 3.63) is 35.4 Å². The van der Waals surface area contributed by atoms with Gasteiger partial charge in [0, 0.05) is 12.1 Å². The van der Waals surface area contributed by atoms with Gasteiger partial charge < -0.3 is 5.32 Å². The van der Waals surface area contributed by atoms with Crippen LogP contribution in [0.4, 0.5) is 0 Å². The highest BCUT2D eigenvalue weighted by molar-refractivity contribution is 7.91. The first-order chi connectivity index (χ1) is 9.55. The molecule has 1 fully saturated rings. The maximum atomic E-state index is 11.5. The highest BCUT2D eigenvalue weighted by Gasteiger charge is 2.29. The largest absolute Gasteiger partial charge is 0.307 e. The second-order valence-electron chi connectivity index (χ2n) is 6.25. The van der Waals surface area contributed by atoms with Crippen molar-refractivity contribution in [2.45, 2.75) is 50.6 Å². The highest BCUT2D eigenvalue weighted by Crippen LogP contribution is 2.37. The fourth-order valence-corrected chi connectivity index (χ4v) is 5.01. The molecule has 1 aromatic rings. The second kappa shape index (κ2) is 5.49. The van der Waals surface area contributed by atoms with Gasteiger partial charge in [-0.3, -0.25) is 0 Å². The van der Waals surface area contributed by atoms with Crippen LogP contribution < -0.4 is 5.32 Å². The summed E-state index contributed by atoms with van der Waals surface area (Å²) < 4.78 is 23.0. The summed E-state index contributed by atoms with van der Waals surface area (Å²) >= 11 is 0. The van der Waals surface area contributed by atoms with E-state index in [1.165, 1.54) is 17.5 Å². The first kappa shape index (κ1) is 14.1.